The Labute approximate surface area is 132 Å². The molecule has 0 amide bonds. The molecule has 0 fully saturated rings. The van der Waals surface area contributed by atoms with Gasteiger partial charge in [-0.3, -0.25) is 4.79 Å². The van der Waals surface area contributed by atoms with E-state index in [0.29, 0.717) is 6.29 Å². The molecule has 0 heterocycles. The van der Waals surface area contributed by atoms with Crippen LogP contribution in [0.1, 0.15) is 10.4 Å². The number of benzene rings is 1. The summed E-state index contributed by atoms with van der Waals surface area (Å²) in [7, 11) is 0. The smallest absolute Gasteiger partial charge is 0.522 e. The van der Waals surface area contributed by atoms with Crippen molar-refractivity contribution in [1.82, 2.24) is 0 Å². The van der Waals surface area contributed by atoms with Crippen molar-refractivity contribution in [3.05, 3.63) is 29.6 Å². The van der Waals surface area contributed by atoms with E-state index in [2.05, 4.69) is 4.74 Å². The summed E-state index contributed by atoms with van der Waals surface area (Å²) in [6, 6.07) is 2.73. The molecule has 1 rings (SSSR count). The quantitative estimate of drug-likeness (QED) is 0.411. The molecule has 1 aromatic rings. The van der Waals surface area contributed by atoms with Crippen molar-refractivity contribution in [2.24, 2.45) is 0 Å². The Morgan fingerprint density at radius 2 is 1.88 bits per heavy atom. The summed E-state index contributed by atoms with van der Waals surface area (Å²) in [5.41, 5.74) is -0.0697. The topological polar surface area (TPSA) is 26.3 Å². The van der Waals surface area contributed by atoms with Crippen LogP contribution in [0.5, 0.6) is 5.75 Å². The normalized spacial score (nSPS) is 10.5. The van der Waals surface area contributed by atoms with Crippen molar-refractivity contribution in [2.75, 3.05) is 6.51 Å². The van der Waals surface area contributed by atoms with Gasteiger partial charge in [-0.2, -0.15) is 0 Å². The van der Waals surface area contributed by atoms with Crippen LogP contribution in [0.3, 0.4) is 0 Å². The van der Waals surface area contributed by atoms with E-state index >= 15 is 0 Å². The first-order valence-electron chi connectivity index (χ1n) is 4.00. The first kappa shape index (κ1) is 16.1. The van der Waals surface area contributed by atoms with Crippen LogP contribution < -0.4 is 56.1 Å². The molecule has 0 aliphatic heterocycles. The van der Waals surface area contributed by atoms with E-state index in [1.807, 2.05) is 0 Å². The van der Waals surface area contributed by atoms with E-state index in [9.17, 15) is 22.1 Å². The monoisotopic (exact) mass is 260 g/mol. The molecule has 0 aliphatic carbocycles. The second kappa shape index (κ2) is 6.75. The first-order valence-corrected chi connectivity index (χ1v) is 4.00. The van der Waals surface area contributed by atoms with Gasteiger partial charge in [0.1, 0.15) is 17.9 Å². The predicted molar refractivity (Wildman–Crippen MR) is 46.4 cm³/mol. The van der Waals surface area contributed by atoms with Gasteiger partial charge < -0.3 is 17.7 Å². The fourth-order valence-electron chi connectivity index (χ4n) is 0.926. The van der Waals surface area contributed by atoms with Crippen LogP contribution in [0, 0.1) is 5.82 Å². The molecule has 1 aromatic carbocycles. The minimum atomic E-state index is -5.09. The summed E-state index contributed by atoms with van der Waals surface area (Å²) in [6.45, 7) is -6.55. The Hall–Kier alpha value is 0.111. The third kappa shape index (κ3) is 6.00. The number of halogens is 4. The van der Waals surface area contributed by atoms with Crippen LogP contribution >= 0.6 is 0 Å². The zero-order chi connectivity index (χ0) is 11.5. The van der Waals surface area contributed by atoms with E-state index in [-0.39, 0.29) is 62.7 Å². The minimum Gasteiger partial charge on any atom is -0.522 e. The average molecular weight is 260 g/mol. The Morgan fingerprint density at radius 3 is 2.38 bits per heavy atom. The van der Waals surface area contributed by atoms with Gasteiger partial charge in [-0.1, -0.05) is 0 Å². The number of aldehydes is 1. The van der Waals surface area contributed by atoms with Crippen molar-refractivity contribution in [1.29, 1.82) is 0 Å². The number of carbonyl (C=O) groups excluding carboxylic acids is 1. The second-order valence-electron chi connectivity index (χ2n) is 2.86. The number of hydrogen-bond donors (Lipinski definition) is 0. The summed E-state index contributed by atoms with van der Waals surface area (Å²) in [5, 5.41) is 0. The summed E-state index contributed by atoms with van der Waals surface area (Å²) in [4.78, 5) is 10.3. The van der Waals surface area contributed by atoms with Crippen LogP contribution in [-0.2, 0) is 0 Å². The van der Waals surface area contributed by atoms with Gasteiger partial charge in [0.15, 0.2) is 0 Å². The van der Waals surface area contributed by atoms with Crippen molar-refractivity contribution >= 4 is 13.3 Å². The molecule has 0 atom stereocenters. The Kier molecular flexibility index (Phi) is 6.80. The zero-order valence-electron chi connectivity index (χ0n) is 8.42. The molecule has 8 heteroatoms. The fraction of sp³-hybridized carbons (Fsp3) is 0.125. The van der Waals surface area contributed by atoms with Gasteiger partial charge in [0, 0.05) is 11.6 Å². The largest absolute Gasteiger partial charge is 1.00 e. The van der Waals surface area contributed by atoms with Crippen LogP contribution in [-0.4, -0.2) is 19.8 Å². The maximum Gasteiger partial charge on any atom is 1.00 e. The number of ether oxygens (including phenoxy) is 1. The molecular weight excluding hydrogens is 254 g/mol. The molecule has 0 aliphatic rings. The molecular formula is C8H6BF4KO2. The number of carbonyl (C=O) groups is 1. The minimum absolute atomic E-state index is 0. The van der Waals surface area contributed by atoms with Crippen LogP contribution in [0.2, 0.25) is 0 Å². The van der Waals surface area contributed by atoms with Crippen molar-refractivity contribution in [3.63, 3.8) is 0 Å². The predicted octanol–water partition coefficient (Wildman–Crippen LogP) is -0.592. The van der Waals surface area contributed by atoms with Crippen LogP contribution in [0.15, 0.2) is 18.2 Å². The van der Waals surface area contributed by atoms with E-state index in [0.717, 1.165) is 18.2 Å². The zero-order valence-corrected chi connectivity index (χ0v) is 11.5. The average Bonchev–Trinajstić information content (AvgIpc) is 2.13. The fourth-order valence-corrected chi connectivity index (χ4v) is 0.926. The van der Waals surface area contributed by atoms with E-state index in [4.69, 9.17) is 0 Å². The van der Waals surface area contributed by atoms with Gasteiger partial charge in [0.2, 0.25) is 0 Å². The molecule has 0 radical (unpaired) electrons. The van der Waals surface area contributed by atoms with Gasteiger partial charge >= 0.3 is 58.4 Å². The summed E-state index contributed by atoms with van der Waals surface area (Å²) in [6.07, 6.45) is 0.328. The van der Waals surface area contributed by atoms with Gasteiger partial charge in [-0.25, -0.2) is 4.39 Å². The number of rotatable bonds is 4. The van der Waals surface area contributed by atoms with Crippen molar-refractivity contribution < 1.29 is 78.3 Å². The SMILES string of the molecule is O=Cc1cc(F)cc(OC[B-](F)(F)F)c1.[K+]. The molecule has 16 heavy (non-hydrogen) atoms. The molecule has 82 valence electrons. The van der Waals surface area contributed by atoms with E-state index in [1.165, 1.54) is 0 Å². The molecule has 0 spiro atoms. The molecule has 2 nitrogen and oxygen atoms in total. The molecule has 0 aromatic heterocycles. The number of hydrogen-bond acceptors (Lipinski definition) is 2. The maximum absolute atomic E-state index is 12.7. The molecule has 0 N–H and O–H groups in total. The van der Waals surface area contributed by atoms with Gasteiger partial charge in [0.05, 0.1) is 6.51 Å². The summed E-state index contributed by atoms with van der Waals surface area (Å²) in [5.74, 6) is -1.12. The van der Waals surface area contributed by atoms with Gasteiger partial charge in [0.25, 0.3) is 0 Å². The summed E-state index contributed by atoms with van der Waals surface area (Å²) < 4.78 is 52.4. The Bertz CT molecular complexity index is 370. The van der Waals surface area contributed by atoms with E-state index in [1.54, 1.807) is 0 Å². The third-order valence-electron chi connectivity index (χ3n) is 1.47. The van der Waals surface area contributed by atoms with Gasteiger partial charge in [-0.15, -0.1) is 0 Å². The van der Waals surface area contributed by atoms with Crippen LogP contribution in [0.25, 0.3) is 0 Å². The third-order valence-corrected chi connectivity index (χ3v) is 1.47. The molecule has 0 unspecified atom stereocenters. The second-order valence-corrected chi connectivity index (χ2v) is 2.86. The van der Waals surface area contributed by atoms with Crippen LogP contribution in [0.4, 0.5) is 17.3 Å². The Morgan fingerprint density at radius 1 is 1.25 bits per heavy atom. The Balaban J connectivity index is 0.00000225. The van der Waals surface area contributed by atoms with Gasteiger partial charge in [-0.05, 0) is 12.1 Å². The molecule has 0 saturated heterocycles. The summed E-state index contributed by atoms with van der Waals surface area (Å²) >= 11 is 0. The molecule has 0 saturated carbocycles. The molecule has 0 bridgehead atoms. The van der Waals surface area contributed by atoms with Crippen molar-refractivity contribution in [3.8, 4) is 5.75 Å². The first-order chi connectivity index (χ1) is 6.90. The van der Waals surface area contributed by atoms with E-state index < -0.39 is 19.3 Å². The standard InChI is InChI=1S/C8H6BF4O2.K/c10-7-1-6(4-14)2-8(3-7)15-5-9(11,12)13;/h1-4H,5H2;/q-1;+1. The maximum atomic E-state index is 12.7. The van der Waals surface area contributed by atoms with Crippen molar-refractivity contribution in [2.45, 2.75) is 0 Å².